The van der Waals surface area contributed by atoms with E-state index in [1.54, 1.807) is 9.80 Å². The fourth-order valence-corrected chi connectivity index (χ4v) is 1.95. The Balaban J connectivity index is 2.45. The molecular formula is C11H18ClN3O3. The zero-order chi connectivity index (χ0) is 13.5. The predicted molar refractivity (Wildman–Crippen MR) is 67.3 cm³/mol. The van der Waals surface area contributed by atoms with Crippen molar-refractivity contribution < 1.29 is 14.4 Å². The highest BCUT2D eigenvalue weighted by molar-refractivity contribution is 6.19. The van der Waals surface area contributed by atoms with E-state index in [1.807, 2.05) is 0 Å². The van der Waals surface area contributed by atoms with Crippen LogP contribution in [0.25, 0.3) is 0 Å². The van der Waals surface area contributed by atoms with Crippen LogP contribution in [0, 0.1) is 0 Å². The van der Waals surface area contributed by atoms with Gasteiger partial charge in [-0.15, -0.1) is 11.6 Å². The molecule has 1 rings (SSSR count). The van der Waals surface area contributed by atoms with Gasteiger partial charge in [-0.05, 0) is 6.42 Å². The van der Waals surface area contributed by atoms with Crippen molar-refractivity contribution in [3.63, 3.8) is 0 Å². The average Bonchev–Trinajstić information content (AvgIpc) is 2.54. The molecule has 0 aromatic rings. The fourth-order valence-electron chi connectivity index (χ4n) is 1.78. The largest absolute Gasteiger partial charge is 0.341 e. The lowest BCUT2D eigenvalue weighted by molar-refractivity contribution is -0.128. The third-order valence-corrected chi connectivity index (χ3v) is 2.99. The van der Waals surface area contributed by atoms with Crippen LogP contribution < -0.4 is 5.32 Å². The van der Waals surface area contributed by atoms with Crippen molar-refractivity contribution in [1.29, 1.82) is 0 Å². The zero-order valence-electron chi connectivity index (χ0n) is 10.4. The fraction of sp³-hybridized carbons (Fsp3) is 0.727. The summed E-state index contributed by atoms with van der Waals surface area (Å²) in [5.74, 6) is -0.171. The number of alkyl halides is 1. The smallest absolute Gasteiger partial charge is 0.324 e. The number of halogens is 1. The van der Waals surface area contributed by atoms with E-state index in [2.05, 4.69) is 5.32 Å². The third-order valence-electron chi connectivity index (χ3n) is 2.80. The van der Waals surface area contributed by atoms with Crippen molar-refractivity contribution in [3.05, 3.63) is 0 Å². The maximum absolute atomic E-state index is 11.8. The monoisotopic (exact) mass is 275 g/mol. The Kier molecular flexibility index (Phi) is 5.91. The predicted octanol–water partition coefficient (Wildman–Crippen LogP) is 0.406. The summed E-state index contributed by atoms with van der Waals surface area (Å²) in [5.41, 5.74) is 0. The molecule has 0 bridgehead atoms. The van der Waals surface area contributed by atoms with Crippen molar-refractivity contribution in [2.75, 3.05) is 32.1 Å². The first-order chi connectivity index (χ1) is 8.54. The molecule has 1 N–H and O–H groups in total. The molecule has 0 radical (unpaired) electrons. The number of carbonyl (C=O) groups is 3. The Morgan fingerprint density at radius 1 is 1.11 bits per heavy atom. The van der Waals surface area contributed by atoms with Gasteiger partial charge in [-0.1, -0.05) is 0 Å². The second kappa shape index (κ2) is 7.20. The minimum absolute atomic E-state index is 0.00970. The molecule has 0 unspecified atom stereocenters. The Hall–Kier alpha value is -1.30. The summed E-state index contributed by atoms with van der Waals surface area (Å²) in [7, 11) is 0. The third kappa shape index (κ3) is 4.52. The van der Waals surface area contributed by atoms with Gasteiger partial charge in [0.15, 0.2) is 0 Å². The second-order valence-electron chi connectivity index (χ2n) is 4.14. The van der Waals surface area contributed by atoms with Crippen LogP contribution in [0.3, 0.4) is 0 Å². The molecule has 0 aliphatic carbocycles. The minimum Gasteiger partial charge on any atom is -0.341 e. The maximum atomic E-state index is 11.8. The highest BCUT2D eigenvalue weighted by Gasteiger charge is 2.21. The molecule has 18 heavy (non-hydrogen) atoms. The quantitative estimate of drug-likeness (QED) is 0.742. The van der Waals surface area contributed by atoms with Gasteiger partial charge in [0.1, 0.15) is 0 Å². The summed E-state index contributed by atoms with van der Waals surface area (Å²) in [6.45, 7) is 3.66. The lowest BCUT2D eigenvalue weighted by Gasteiger charge is -2.21. The Morgan fingerprint density at radius 3 is 2.33 bits per heavy atom. The second-order valence-corrected chi connectivity index (χ2v) is 4.52. The van der Waals surface area contributed by atoms with Gasteiger partial charge in [0.05, 0.1) is 0 Å². The summed E-state index contributed by atoms with van der Waals surface area (Å²) in [6, 6.07) is -0.407. The first-order valence-corrected chi connectivity index (χ1v) is 6.48. The lowest BCUT2D eigenvalue weighted by atomic mass is 10.4. The van der Waals surface area contributed by atoms with Crippen LogP contribution in [-0.4, -0.2) is 59.7 Å². The van der Waals surface area contributed by atoms with Crippen LogP contribution in [0.4, 0.5) is 4.79 Å². The Bertz CT molecular complexity index is 335. The van der Waals surface area contributed by atoms with E-state index in [4.69, 9.17) is 11.6 Å². The van der Waals surface area contributed by atoms with Gasteiger partial charge in [0.25, 0.3) is 0 Å². The molecule has 7 heteroatoms. The van der Waals surface area contributed by atoms with Gasteiger partial charge in [-0.3, -0.25) is 14.9 Å². The van der Waals surface area contributed by atoms with Crippen molar-refractivity contribution in [2.45, 2.75) is 19.8 Å². The molecule has 102 valence electrons. The molecule has 1 heterocycles. The standard InChI is InChI=1S/C11H18ClN3O3/c1-9(16)14-5-2-6-15(8-7-14)11(18)13-10(17)3-4-12/h2-8H2,1H3,(H,13,17,18). The molecule has 0 atom stereocenters. The number of imide groups is 1. The highest BCUT2D eigenvalue weighted by Crippen LogP contribution is 2.03. The van der Waals surface area contributed by atoms with Gasteiger partial charge >= 0.3 is 6.03 Å². The van der Waals surface area contributed by atoms with Gasteiger partial charge in [-0.2, -0.15) is 0 Å². The first-order valence-electron chi connectivity index (χ1n) is 5.95. The average molecular weight is 276 g/mol. The Labute approximate surface area is 111 Å². The lowest BCUT2D eigenvalue weighted by Crippen LogP contribution is -2.44. The minimum atomic E-state index is -0.407. The van der Waals surface area contributed by atoms with Crippen molar-refractivity contribution >= 4 is 29.4 Å². The number of hydrogen-bond acceptors (Lipinski definition) is 3. The molecule has 0 spiro atoms. The van der Waals surface area contributed by atoms with Crippen LogP contribution in [-0.2, 0) is 9.59 Å². The van der Waals surface area contributed by atoms with Crippen LogP contribution in [0.1, 0.15) is 19.8 Å². The van der Waals surface area contributed by atoms with Gasteiger partial charge in [0.2, 0.25) is 11.8 Å². The molecule has 1 aliphatic rings. The summed E-state index contributed by atoms with van der Waals surface area (Å²) >= 11 is 5.42. The number of amides is 4. The van der Waals surface area contributed by atoms with E-state index in [0.29, 0.717) is 26.2 Å². The van der Waals surface area contributed by atoms with E-state index in [-0.39, 0.29) is 24.1 Å². The number of rotatable bonds is 2. The molecule has 4 amide bonds. The zero-order valence-corrected chi connectivity index (χ0v) is 11.2. The van der Waals surface area contributed by atoms with Crippen molar-refractivity contribution in [1.82, 2.24) is 15.1 Å². The maximum Gasteiger partial charge on any atom is 0.324 e. The molecule has 1 aliphatic heterocycles. The number of nitrogens with zero attached hydrogens (tertiary/aromatic N) is 2. The normalized spacial score (nSPS) is 16.1. The molecular weight excluding hydrogens is 258 g/mol. The molecule has 6 nitrogen and oxygen atoms in total. The summed E-state index contributed by atoms with van der Waals surface area (Å²) in [4.78, 5) is 37.5. The number of hydrogen-bond donors (Lipinski definition) is 1. The van der Waals surface area contributed by atoms with Crippen molar-refractivity contribution in [3.8, 4) is 0 Å². The first kappa shape index (κ1) is 14.8. The topological polar surface area (TPSA) is 69.7 Å². The number of nitrogens with one attached hydrogen (secondary N) is 1. The van der Waals surface area contributed by atoms with Gasteiger partial charge in [0, 0.05) is 45.4 Å². The van der Waals surface area contributed by atoms with Crippen molar-refractivity contribution in [2.24, 2.45) is 0 Å². The molecule has 1 fully saturated rings. The summed E-state index contributed by atoms with van der Waals surface area (Å²) in [6.07, 6.45) is 0.845. The SMILES string of the molecule is CC(=O)N1CCCN(C(=O)NC(=O)CCCl)CC1. The van der Waals surface area contributed by atoms with Crippen LogP contribution in [0.5, 0.6) is 0 Å². The number of carbonyl (C=O) groups excluding carboxylic acids is 3. The van der Waals surface area contributed by atoms with E-state index in [0.717, 1.165) is 6.42 Å². The van der Waals surface area contributed by atoms with Gasteiger partial charge in [-0.25, -0.2) is 4.79 Å². The van der Waals surface area contributed by atoms with Crippen LogP contribution in [0.2, 0.25) is 0 Å². The molecule has 0 aromatic carbocycles. The highest BCUT2D eigenvalue weighted by atomic mass is 35.5. The van der Waals surface area contributed by atoms with E-state index >= 15 is 0 Å². The molecule has 0 aromatic heterocycles. The number of urea groups is 1. The van der Waals surface area contributed by atoms with Gasteiger partial charge < -0.3 is 9.80 Å². The van der Waals surface area contributed by atoms with Crippen LogP contribution >= 0.6 is 11.6 Å². The molecule has 0 saturated carbocycles. The Morgan fingerprint density at radius 2 is 1.72 bits per heavy atom. The summed E-state index contributed by atoms with van der Waals surface area (Å²) in [5, 5.41) is 2.28. The van der Waals surface area contributed by atoms with Crippen LogP contribution in [0.15, 0.2) is 0 Å². The van der Waals surface area contributed by atoms with E-state index < -0.39 is 6.03 Å². The summed E-state index contributed by atoms with van der Waals surface area (Å²) < 4.78 is 0. The molecule has 1 saturated heterocycles. The van der Waals surface area contributed by atoms with E-state index in [1.165, 1.54) is 6.92 Å². The van der Waals surface area contributed by atoms with E-state index in [9.17, 15) is 14.4 Å².